The molecule has 4 heteroatoms. The molecule has 2 aliphatic carbocycles. The summed E-state index contributed by atoms with van der Waals surface area (Å²) in [7, 11) is 0. The molecule has 96 valence electrons. The first kappa shape index (κ1) is 10.9. The number of hydrogen-bond donors (Lipinski definition) is 1. The summed E-state index contributed by atoms with van der Waals surface area (Å²) in [5.41, 5.74) is 8.52. The van der Waals surface area contributed by atoms with Crippen molar-refractivity contribution in [2.24, 2.45) is 11.8 Å². The predicted octanol–water partition coefficient (Wildman–Crippen LogP) is 2.85. The van der Waals surface area contributed by atoms with Crippen molar-refractivity contribution >= 4 is 17.0 Å². The van der Waals surface area contributed by atoms with Crippen LogP contribution in [-0.2, 0) is 0 Å². The van der Waals surface area contributed by atoms with Crippen LogP contribution in [0.3, 0.4) is 0 Å². The number of aromatic nitrogens is 2. The quantitative estimate of drug-likeness (QED) is 0.848. The second kappa shape index (κ2) is 3.74. The predicted molar refractivity (Wildman–Crippen MR) is 73.3 cm³/mol. The third-order valence-electron chi connectivity index (χ3n) is 4.90. The molecule has 1 heterocycles. The van der Waals surface area contributed by atoms with Gasteiger partial charge in [-0.3, -0.25) is 0 Å². The highest BCUT2D eigenvalue weighted by atomic mass is 15.2. The van der Waals surface area contributed by atoms with Gasteiger partial charge in [-0.1, -0.05) is 12.5 Å². The number of nitrogens with zero attached hydrogens (tertiary/aromatic N) is 3. The van der Waals surface area contributed by atoms with E-state index in [4.69, 9.17) is 11.0 Å². The van der Waals surface area contributed by atoms with Crippen LogP contribution in [0.1, 0.15) is 37.3 Å². The van der Waals surface area contributed by atoms with Crippen molar-refractivity contribution in [3.05, 3.63) is 23.8 Å². The van der Waals surface area contributed by atoms with Gasteiger partial charge in [0.1, 0.15) is 11.6 Å². The van der Waals surface area contributed by atoms with Crippen molar-refractivity contribution in [3.8, 4) is 6.07 Å². The van der Waals surface area contributed by atoms with Gasteiger partial charge < -0.3 is 10.3 Å². The SMILES string of the molecule is N#Cc1cccc2c1nc(N)n2C1CC2CCC1C2. The second-order valence-corrected chi connectivity index (χ2v) is 5.87. The monoisotopic (exact) mass is 252 g/mol. The van der Waals surface area contributed by atoms with Crippen LogP contribution in [-0.4, -0.2) is 9.55 Å². The van der Waals surface area contributed by atoms with E-state index in [1.165, 1.54) is 25.7 Å². The van der Waals surface area contributed by atoms with Crippen LogP contribution < -0.4 is 5.73 Å². The summed E-state index contributed by atoms with van der Waals surface area (Å²) in [6, 6.07) is 8.45. The Hall–Kier alpha value is -2.02. The average molecular weight is 252 g/mol. The van der Waals surface area contributed by atoms with Gasteiger partial charge in [0, 0.05) is 6.04 Å². The fourth-order valence-corrected chi connectivity index (χ4v) is 4.10. The van der Waals surface area contributed by atoms with Gasteiger partial charge in [0.2, 0.25) is 5.95 Å². The molecule has 2 bridgehead atoms. The molecule has 0 saturated heterocycles. The Morgan fingerprint density at radius 3 is 2.89 bits per heavy atom. The van der Waals surface area contributed by atoms with Crippen molar-refractivity contribution in [3.63, 3.8) is 0 Å². The smallest absolute Gasteiger partial charge is 0.201 e. The number of hydrogen-bond acceptors (Lipinski definition) is 3. The van der Waals surface area contributed by atoms with E-state index in [0.717, 1.165) is 22.9 Å². The van der Waals surface area contributed by atoms with Crippen molar-refractivity contribution in [2.45, 2.75) is 31.7 Å². The van der Waals surface area contributed by atoms with Gasteiger partial charge in [-0.2, -0.15) is 5.26 Å². The van der Waals surface area contributed by atoms with E-state index in [9.17, 15) is 0 Å². The van der Waals surface area contributed by atoms with Gasteiger partial charge in [0.05, 0.1) is 11.1 Å². The Bertz CT molecular complexity index is 694. The van der Waals surface area contributed by atoms with Gasteiger partial charge in [-0.15, -0.1) is 0 Å². The van der Waals surface area contributed by atoms with Crippen LogP contribution in [0.4, 0.5) is 5.95 Å². The van der Waals surface area contributed by atoms with E-state index in [1.54, 1.807) is 6.07 Å². The number of fused-ring (bicyclic) bond motifs is 3. The number of imidazole rings is 1. The minimum atomic E-state index is 0.484. The number of nitrogen functional groups attached to an aromatic ring is 1. The van der Waals surface area contributed by atoms with Gasteiger partial charge in [-0.05, 0) is 43.2 Å². The molecular formula is C15H16N4. The van der Waals surface area contributed by atoms with Crippen LogP contribution in [0.25, 0.3) is 11.0 Å². The number of benzene rings is 1. The lowest BCUT2D eigenvalue weighted by molar-refractivity contribution is 0.339. The molecule has 2 fully saturated rings. The van der Waals surface area contributed by atoms with Gasteiger partial charge in [0.15, 0.2) is 0 Å². The Morgan fingerprint density at radius 1 is 1.32 bits per heavy atom. The van der Waals surface area contributed by atoms with Gasteiger partial charge in [0.25, 0.3) is 0 Å². The van der Waals surface area contributed by atoms with Gasteiger partial charge in [-0.25, -0.2) is 4.98 Å². The zero-order valence-electron chi connectivity index (χ0n) is 10.7. The lowest BCUT2D eigenvalue weighted by atomic mass is 9.95. The lowest BCUT2D eigenvalue weighted by Gasteiger charge is -2.24. The Labute approximate surface area is 111 Å². The fraction of sp³-hybridized carbons (Fsp3) is 0.467. The van der Waals surface area contributed by atoms with E-state index in [2.05, 4.69) is 15.6 Å². The number of nitriles is 1. The fourth-order valence-electron chi connectivity index (χ4n) is 4.10. The van der Waals surface area contributed by atoms with E-state index in [0.29, 0.717) is 17.6 Å². The van der Waals surface area contributed by atoms with Crippen LogP contribution in [0.5, 0.6) is 0 Å². The normalized spacial score (nSPS) is 28.9. The van der Waals surface area contributed by atoms with E-state index < -0.39 is 0 Å². The maximum atomic E-state index is 9.17. The topological polar surface area (TPSA) is 67.6 Å². The third-order valence-corrected chi connectivity index (χ3v) is 4.90. The minimum Gasteiger partial charge on any atom is -0.369 e. The highest BCUT2D eigenvalue weighted by Crippen LogP contribution is 2.52. The number of anilines is 1. The summed E-state index contributed by atoms with van der Waals surface area (Å²) in [6.07, 6.45) is 5.24. The minimum absolute atomic E-state index is 0.484. The standard InChI is InChI=1S/C15H16N4/c16-8-11-2-1-3-12-14(11)18-15(17)19(12)13-7-9-4-5-10(13)6-9/h1-3,9-10,13H,4-7H2,(H2,17,18). The van der Waals surface area contributed by atoms with Crippen molar-refractivity contribution in [2.75, 3.05) is 5.73 Å². The third kappa shape index (κ3) is 1.42. The average Bonchev–Trinajstić information content (AvgIpc) is 3.09. The summed E-state index contributed by atoms with van der Waals surface area (Å²) < 4.78 is 2.18. The molecule has 0 radical (unpaired) electrons. The highest BCUT2D eigenvalue weighted by molar-refractivity contribution is 5.84. The molecule has 2 N–H and O–H groups in total. The molecule has 19 heavy (non-hydrogen) atoms. The molecule has 2 saturated carbocycles. The first-order valence-electron chi connectivity index (χ1n) is 6.94. The van der Waals surface area contributed by atoms with Crippen LogP contribution in [0.2, 0.25) is 0 Å². The molecule has 0 aliphatic heterocycles. The highest BCUT2D eigenvalue weighted by Gasteiger charge is 2.41. The molecule has 3 unspecified atom stereocenters. The summed E-state index contributed by atoms with van der Waals surface area (Å²) in [5, 5.41) is 9.17. The molecule has 4 nitrogen and oxygen atoms in total. The summed E-state index contributed by atoms with van der Waals surface area (Å²) in [6.45, 7) is 0. The van der Waals surface area contributed by atoms with E-state index >= 15 is 0 Å². The van der Waals surface area contributed by atoms with Crippen LogP contribution >= 0.6 is 0 Å². The Kier molecular flexibility index (Phi) is 2.14. The van der Waals surface area contributed by atoms with Crippen molar-refractivity contribution in [1.82, 2.24) is 9.55 Å². The maximum absolute atomic E-state index is 9.17. The van der Waals surface area contributed by atoms with Gasteiger partial charge >= 0.3 is 0 Å². The molecular weight excluding hydrogens is 236 g/mol. The maximum Gasteiger partial charge on any atom is 0.201 e. The molecule has 1 aromatic heterocycles. The summed E-state index contributed by atoms with van der Waals surface area (Å²) in [5.74, 6) is 2.18. The number of para-hydroxylation sites is 1. The van der Waals surface area contributed by atoms with E-state index in [-0.39, 0.29) is 0 Å². The Morgan fingerprint density at radius 2 is 2.21 bits per heavy atom. The number of nitrogens with two attached hydrogens (primary N) is 1. The molecule has 0 amide bonds. The molecule has 0 spiro atoms. The second-order valence-electron chi connectivity index (χ2n) is 5.87. The lowest BCUT2D eigenvalue weighted by Crippen LogP contribution is -2.17. The van der Waals surface area contributed by atoms with Crippen LogP contribution in [0, 0.1) is 23.2 Å². The van der Waals surface area contributed by atoms with Crippen molar-refractivity contribution < 1.29 is 0 Å². The number of rotatable bonds is 1. The molecule has 2 aromatic rings. The summed E-state index contributed by atoms with van der Waals surface area (Å²) >= 11 is 0. The zero-order chi connectivity index (χ0) is 13.0. The molecule has 2 aliphatic rings. The Balaban J connectivity index is 1.91. The van der Waals surface area contributed by atoms with Crippen LogP contribution in [0.15, 0.2) is 18.2 Å². The largest absolute Gasteiger partial charge is 0.369 e. The molecule has 4 rings (SSSR count). The van der Waals surface area contributed by atoms with E-state index in [1.807, 2.05) is 12.1 Å². The summed E-state index contributed by atoms with van der Waals surface area (Å²) in [4.78, 5) is 4.43. The van der Waals surface area contributed by atoms with Crippen molar-refractivity contribution in [1.29, 1.82) is 5.26 Å². The molecule has 3 atom stereocenters. The first-order valence-corrected chi connectivity index (χ1v) is 6.94. The zero-order valence-corrected chi connectivity index (χ0v) is 10.7. The molecule has 1 aromatic carbocycles. The first-order chi connectivity index (χ1) is 9.28.